The number of ether oxygens (including phenoxy) is 2. The van der Waals surface area contributed by atoms with Crippen LogP contribution in [0.2, 0.25) is 0 Å². The SMILES string of the molecule is CCOc1ccc(C(CN)Cc2c[nH]c3ccccc23)cc1OCC. The zero-order valence-corrected chi connectivity index (χ0v) is 14.9. The fraction of sp³-hybridized carbons (Fsp3) is 0.333. The standard InChI is InChI=1S/C21H26N2O2/c1-3-24-20-10-9-15(12-21(20)25-4-2)16(13-22)11-17-14-23-19-8-6-5-7-18(17)19/h5-10,12,14,16,23H,3-4,11,13,22H2,1-2H3. The van der Waals surface area contributed by atoms with Crippen molar-refractivity contribution in [2.45, 2.75) is 26.2 Å². The third-order valence-corrected chi connectivity index (χ3v) is 4.46. The maximum Gasteiger partial charge on any atom is 0.161 e. The van der Waals surface area contributed by atoms with Crippen LogP contribution in [0.3, 0.4) is 0 Å². The third kappa shape index (κ3) is 3.80. The molecule has 4 heteroatoms. The van der Waals surface area contributed by atoms with Gasteiger partial charge in [0.2, 0.25) is 0 Å². The van der Waals surface area contributed by atoms with E-state index >= 15 is 0 Å². The Labute approximate surface area is 149 Å². The van der Waals surface area contributed by atoms with Crippen molar-refractivity contribution in [1.82, 2.24) is 4.98 Å². The fourth-order valence-corrected chi connectivity index (χ4v) is 3.22. The van der Waals surface area contributed by atoms with Gasteiger partial charge in [-0.15, -0.1) is 0 Å². The molecule has 3 aromatic rings. The lowest BCUT2D eigenvalue weighted by atomic mass is 9.91. The van der Waals surface area contributed by atoms with Gasteiger partial charge in [-0.3, -0.25) is 0 Å². The van der Waals surface area contributed by atoms with Crippen molar-refractivity contribution in [3.63, 3.8) is 0 Å². The fourth-order valence-electron chi connectivity index (χ4n) is 3.22. The lowest BCUT2D eigenvalue weighted by Crippen LogP contribution is -2.15. The van der Waals surface area contributed by atoms with Crippen molar-refractivity contribution in [1.29, 1.82) is 0 Å². The molecule has 1 atom stereocenters. The molecule has 0 saturated carbocycles. The number of fused-ring (bicyclic) bond motifs is 1. The van der Waals surface area contributed by atoms with Crippen molar-refractivity contribution < 1.29 is 9.47 Å². The molecule has 1 heterocycles. The van der Waals surface area contributed by atoms with Crippen LogP contribution in [-0.4, -0.2) is 24.7 Å². The Bertz CT molecular complexity index is 826. The van der Waals surface area contributed by atoms with Gasteiger partial charge in [-0.1, -0.05) is 24.3 Å². The highest BCUT2D eigenvalue weighted by Crippen LogP contribution is 2.33. The van der Waals surface area contributed by atoms with E-state index in [1.807, 2.05) is 26.0 Å². The molecule has 3 rings (SSSR count). The first-order valence-electron chi connectivity index (χ1n) is 8.91. The van der Waals surface area contributed by atoms with Gasteiger partial charge in [0.05, 0.1) is 13.2 Å². The molecule has 0 bridgehead atoms. The van der Waals surface area contributed by atoms with E-state index in [1.54, 1.807) is 0 Å². The number of aromatic nitrogens is 1. The molecule has 0 amide bonds. The minimum atomic E-state index is 0.231. The second-order valence-corrected chi connectivity index (χ2v) is 6.07. The van der Waals surface area contributed by atoms with Crippen LogP contribution < -0.4 is 15.2 Å². The van der Waals surface area contributed by atoms with Crippen molar-refractivity contribution in [3.8, 4) is 11.5 Å². The summed E-state index contributed by atoms with van der Waals surface area (Å²) in [6.45, 7) is 5.77. The van der Waals surface area contributed by atoms with Crippen LogP contribution in [0.25, 0.3) is 10.9 Å². The number of nitrogens with two attached hydrogens (primary N) is 1. The minimum absolute atomic E-state index is 0.231. The number of para-hydroxylation sites is 1. The summed E-state index contributed by atoms with van der Waals surface area (Å²) in [7, 11) is 0. The molecule has 0 saturated heterocycles. The van der Waals surface area contributed by atoms with E-state index in [-0.39, 0.29) is 5.92 Å². The Morgan fingerprint density at radius 1 is 1.00 bits per heavy atom. The lowest BCUT2D eigenvalue weighted by Gasteiger charge is -2.18. The molecule has 0 fully saturated rings. The summed E-state index contributed by atoms with van der Waals surface area (Å²) in [5, 5.41) is 1.26. The van der Waals surface area contributed by atoms with Gasteiger partial charge in [-0.25, -0.2) is 0 Å². The van der Waals surface area contributed by atoms with Crippen LogP contribution >= 0.6 is 0 Å². The van der Waals surface area contributed by atoms with E-state index in [0.29, 0.717) is 19.8 Å². The normalized spacial score (nSPS) is 12.3. The lowest BCUT2D eigenvalue weighted by molar-refractivity contribution is 0.287. The summed E-state index contributed by atoms with van der Waals surface area (Å²) in [4.78, 5) is 3.34. The maximum atomic E-state index is 6.10. The number of rotatable bonds is 8. The Balaban J connectivity index is 1.88. The number of hydrogen-bond donors (Lipinski definition) is 2. The zero-order valence-electron chi connectivity index (χ0n) is 14.9. The van der Waals surface area contributed by atoms with Gasteiger partial charge < -0.3 is 20.2 Å². The van der Waals surface area contributed by atoms with E-state index in [9.17, 15) is 0 Å². The number of benzene rings is 2. The summed E-state index contributed by atoms with van der Waals surface area (Å²) in [6, 6.07) is 14.5. The molecule has 3 N–H and O–H groups in total. The number of nitrogens with one attached hydrogen (secondary N) is 1. The highest BCUT2D eigenvalue weighted by Gasteiger charge is 2.16. The van der Waals surface area contributed by atoms with Crippen LogP contribution in [0.1, 0.15) is 30.9 Å². The quantitative estimate of drug-likeness (QED) is 0.645. The van der Waals surface area contributed by atoms with Crippen molar-refractivity contribution in [2.24, 2.45) is 5.73 Å². The molecule has 25 heavy (non-hydrogen) atoms. The van der Waals surface area contributed by atoms with Crippen LogP contribution in [0.4, 0.5) is 0 Å². The zero-order chi connectivity index (χ0) is 17.6. The highest BCUT2D eigenvalue weighted by molar-refractivity contribution is 5.83. The molecule has 1 unspecified atom stereocenters. The van der Waals surface area contributed by atoms with Gasteiger partial charge in [0.15, 0.2) is 11.5 Å². The van der Waals surface area contributed by atoms with E-state index < -0.39 is 0 Å². The molecule has 0 aliphatic carbocycles. The summed E-state index contributed by atoms with van der Waals surface area (Å²) in [5.41, 5.74) is 9.74. The first-order valence-corrected chi connectivity index (χ1v) is 8.91. The Hall–Kier alpha value is -2.46. The van der Waals surface area contributed by atoms with Crippen LogP contribution in [0.15, 0.2) is 48.7 Å². The average Bonchev–Trinajstić information content (AvgIpc) is 3.04. The molecule has 2 aromatic carbocycles. The predicted octanol–water partition coefficient (Wildman–Crippen LogP) is 4.25. The Kier molecular flexibility index (Phi) is 5.61. The molecule has 0 aliphatic rings. The highest BCUT2D eigenvalue weighted by atomic mass is 16.5. The maximum absolute atomic E-state index is 6.10. The Morgan fingerprint density at radius 3 is 2.52 bits per heavy atom. The second-order valence-electron chi connectivity index (χ2n) is 6.07. The van der Waals surface area contributed by atoms with Gasteiger partial charge in [0, 0.05) is 23.0 Å². The molecule has 0 spiro atoms. The second kappa shape index (κ2) is 8.08. The molecule has 4 nitrogen and oxygen atoms in total. The first kappa shape index (κ1) is 17.4. The number of H-pyrrole nitrogens is 1. The number of aromatic amines is 1. The summed E-state index contributed by atoms with van der Waals surface area (Å²) in [6.07, 6.45) is 2.98. The minimum Gasteiger partial charge on any atom is -0.490 e. The predicted molar refractivity (Wildman–Crippen MR) is 103 cm³/mol. The first-order chi connectivity index (χ1) is 12.3. The molecular weight excluding hydrogens is 312 g/mol. The summed E-state index contributed by atoms with van der Waals surface area (Å²) >= 11 is 0. The van der Waals surface area contributed by atoms with Crippen molar-refractivity contribution in [2.75, 3.05) is 19.8 Å². The largest absolute Gasteiger partial charge is 0.490 e. The van der Waals surface area contributed by atoms with Crippen LogP contribution in [0, 0.1) is 0 Å². The molecule has 0 aliphatic heterocycles. The van der Waals surface area contributed by atoms with Crippen molar-refractivity contribution in [3.05, 3.63) is 59.8 Å². The van der Waals surface area contributed by atoms with Gasteiger partial charge >= 0.3 is 0 Å². The summed E-state index contributed by atoms with van der Waals surface area (Å²) in [5.74, 6) is 1.81. The van der Waals surface area contributed by atoms with E-state index in [4.69, 9.17) is 15.2 Å². The van der Waals surface area contributed by atoms with Gasteiger partial charge in [-0.2, -0.15) is 0 Å². The summed E-state index contributed by atoms with van der Waals surface area (Å²) < 4.78 is 11.4. The van der Waals surface area contributed by atoms with E-state index in [0.717, 1.165) is 23.4 Å². The van der Waals surface area contributed by atoms with E-state index in [2.05, 4.69) is 41.5 Å². The van der Waals surface area contributed by atoms with Gasteiger partial charge in [0.25, 0.3) is 0 Å². The van der Waals surface area contributed by atoms with Crippen LogP contribution in [-0.2, 0) is 6.42 Å². The monoisotopic (exact) mass is 338 g/mol. The topological polar surface area (TPSA) is 60.3 Å². The van der Waals surface area contributed by atoms with Crippen molar-refractivity contribution >= 4 is 10.9 Å². The molecule has 132 valence electrons. The van der Waals surface area contributed by atoms with Crippen LogP contribution in [0.5, 0.6) is 11.5 Å². The molecule has 1 aromatic heterocycles. The van der Waals surface area contributed by atoms with Gasteiger partial charge in [-0.05, 0) is 56.1 Å². The smallest absolute Gasteiger partial charge is 0.161 e. The molecule has 0 radical (unpaired) electrons. The third-order valence-electron chi connectivity index (χ3n) is 4.46. The van der Waals surface area contributed by atoms with E-state index in [1.165, 1.54) is 16.5 Å². The Morgan fingerprint density at radius 2 is 1.76 bits per heavy atom. The average molecular weight is 338 g/mol. The number of hydrogen-bond acceptors (Lipinski definition) is 3. The molecular formula is C21H26N2O2. The van der Waals surface area contributed by atoms with Gasteiger partial charge in [0.1, 0.15) is 0 Å².